The topological polar surface area (TPSA) is 41.1 Å². The lowest BCUT2D eigenvalue weighted by Crippen LogP contribution is -2.46. The molecule has 1 saturated heterocycles. The van der Waals surface area contributed by atoms with Gasteiger partial charge in [0.05, 0.1) is 31.1 Å². The van der Waals surface area contributed by atoms with Gasteiger partial charge in [-0.1, -0.05) is 49.1 Å². The molecular formula is C20H27N3O. The molecule has 2 aromatic rings. The Labute approximate surface area is 144 Å². The minimum atomic E-state index is 0.265. The Morgan fingerprint density at radius 3 is 2.71 bits per heavy atom. The maximum absolute atomic E-state index is 5.79. The minimum absolute atomic E-state index is 0.265. The molecule has 2 aliphatic rings. The Balaban J connectivity index is 1.56. The number of H-pyrrole nitrogens is 1. The van der Waals surface area contributed by atoms with Crippen molar-refractivity contribution in [2.24, 2.45) is 0 Å². The van der Waals surface area contributed by atoms with Crippen LogP contribution in [-0.4, -0.2) is 40.7 Å². The maximum Gasteiger partial charge on any atom is 0.126 e. The van der Waals surface area contributed by atoms with E-state index >= 15 is 0 Å². The second kappa shape index (κ2) is 7.08. The lowest BCUT2D eigenvalue weighted by atomic mass is 9.93. The molecule has 128 valence electrons. The molecule has 1 aromatic carbocycles. The van der Waals surface area contributed by atoms with E-state index in [0.29, 0.717) is 6.04 Å². The van der Waals surface area contributed by atoms with Crippen LogP contribution in [0.4, 0.5) is 0 Å². The molecular weight excluding hydrogens is 298 g/mol. The summed E-state index contributed by atoms with van der Waals surface area (Å²) in [5.74, 6) is 1.05. The van der Waals surface area contributed by atoms with Gasteiger partial charge < -0.3 is 9.72 Å². The summed E-state index contributed by atoms with van der Waals surface area (Å²) in [7, 11) is 0. The highest BCUT2D eigenvalue weighted by Crippen LogP contribution is 2.32. The van der Waals surface area contributed by atoms with E-state index in [1.54, 1.807) is 0 Å². The third-order valence-electron chi connectivity index (χ3n) is 5.49. The Morgan fingerprint density at radius 2 is 1.92 bits per heavy atom. The molecule has 24 heavy (non-hydrogen) atoms. The summed E-state index contributed by atoms with van der Waals surface area (Å²) in [6.07, 6.45) is 8.73. The van der Waals surface area contributed by atoms with E-state index in [0.717, 1.165) is 31.3 Å². The van der Waals surface area contributed by atoms with Gasteiger partial charge in [0.25, 0.3) is 0 Å². The highest BCUT2D eigenvalue weighted by atomic mass is 16.5. The number of hydrogen-bond donors (Lipinski definition) is 1. The van der Waals surface area contributed by atoms with E-state index < -0.39 is 0 Å². The summed E-state index contributed by atoms with van der Waals surface area (Å²) < 4.78 is 5.79. The number of aryl methyl sites for hydroxylation is 1. The second-order valence-electron chi connectivity index (χ2n) is 7.17. The highest BCUT2D eigenvalue weighted by Gasteiger charge is 2.32. The molecule has 1 atom stereocenters. The van der Waals surface area contributed by atoms with Gasteiger partial charge in [-0.3, -0.25) is 4.90 Å². The fourth-order valence-electron chi connectivity index (χ4n) is 4.09. The lowest BCUT2D eigenvalue weighted by Gasteiger charge is -2.41. The van der Waals surface area contributed by atoms with Crippen molar-refractivity contribution in [3.63, 3.8) is 0 Å². The molecule has 1 unspecified atom stereocenters. The van der Waals surface area contributed by atoms with Crippen LogP contribution < -0.4 is 0 Å². The first kappa shape index (κ1) is 15.9. The van der Waals surface area contributed by atoms with Crippen LogP contribution in [-0.2, 0) is 4.74 Å². The molecule has 0 radical (unpaired) electrons. The Bertz CT molecular complexity index is 658. The van der Waals surface area contributed by atoms with Gasteiger partial charge >= 0.3 is 0 Å². The predicted octanol–water partition coefficient (Wildman–Crippen LogP) is 4.09. The molecule has 0 bridgehead atoms. The fraction of sp³-hybridized carbons (Fsp3) is 0.550. The summed E-state index contributed by atoms with van der Waals surface area (Å²) in [5.41, 5.74) is 3.57. The number of imidazole rings is 1. The first-order valence-corrected chi connectivity index (χ1v) is 9.27. The van der Waals surface area contributed by atoms with Gasteiger partial charge in [0.1, 0.15) is 5.82 Å². The maximum atomic E-state index is 5.79. The number of nitrogens with zero attached hydrogens (tertiary/aromatic N) is 2. The minimum Gasteiger partial charge on any atom is -0.378 e. The zero-order valence-corrected chi connectivity index (χ0v) is 14.5. The van der Waals surface area contributed by atoms with Crippen molar-refractivity contribution >= 4 is 0 Å². The molecule has 4 nitrogen and oxygen atoms in total. The number of hydrogen-bond acceptors (Lipinski definition) is 3. The predicted molar refractivity (Wildman–Crippen MR) is 95.9 cm³/mol. The van der Waals surface area contributed by atoms with Gasteiger partial charge in [-0.2, -0.15) is 0 Å². The Morgan fingerprint density at radius 1 is 1.12 bits per heavy atom. The summed E-state index contributed by atoms with van der Waals surface area (Å²) in [6.45, 7) is 4.73. The van der Waals surface area contributed by atoms with Crippen molar-refractivity contribution in [3.8, 4) is 11.3 Å². The quantitative estimate of drug-likeness (QED) is 0.924. The van der Waals surface area contributed by atoms with Crippen molar-refractivity contribution in [2.75, 3.05) is 19.8 Å². The molecule has 0 amide bonds. The van der Waals surface area contributed by atoms with E-state index in [4.69, 9.17) is 9.72 Å². The summed E-state index contributed by atoms with van der Waals surface area (Å²) >= 11 is 0. The van der Waals surface area contributed by atoms with Crippen LogP contribution in [0.3, 0.4) is 0 Å². The smallest absolute Gasteiger partial charge is 0.126 e. The molecule has 2 heterocycles. The zero-order chi connectivity index (χ0) is 16.4. The number of aromatic nitrogens is 2. The van der Waals surface area contributed by atoms with E-state index in [2.05, 4.69) is 41.1 Å². The third-order valence-corrected chi connectivity index (χ3v) is 5.49. The lowest BCUT2D eigenvalue weighted by molar-refractivity contribution is -0.0400. The monoisotopic (exact) mass is 325 g/mol. The number of benzene rings is 1. The molecule has 2 fully saturated rings. The highest BCUT2D eigenvalue weighted by molar-refractivity contribution is 5.58. The molecule has 4 heteroatoms. The summed E-state index contributed by atoms with van der Waals surface area (Å²) in [4.78, 5) is 10.9. The van der Waals surface area contributed by atoms with E-state index in [1.807, 2.05) is 6.20 Å². The van der Waals surface area contributed by atoms with Crippen molar-refractivity contribution in [2.45, 2.75) is 51.1 Å². The molecule has 4 rings (SSSR count). The zero-order valence-electron chi connectivity index (χ0n) is 14.5. The van der Waals surface area contributed by atoms with E-state index in [9.17, 15) is 0 Å². The second-order valence-corrected chi connectivity index (χ2v) is 7.17. The van der Waals surface area contributed by atoms with Crippen LogP contribution in [0.25, 0.3) is 11.3 Å². The van der Waals surface area contributed by atoms with Gasteiger partial charge in [0.2, 0.25) is 0 Å². The number of nitrogens with one attached hydrogen (secondary N) is 1. The van der Waals surface area contributed by atoms with Gasteiger partial charge in [0.15, 0.2) is 0 Å². The van der Waals surface area contributed by atoms with Crippen LogP contribution in [0.1, 0.15) is 49.5 Å². The molecule has 1 aliphatic carbocycles. The van der Waals surface area contributed by atoms with E-state index in [-0.39, 0.29) is 6.04 Å². The van der Waals surface area contributed by atoms with Gasteiger partial charge in [0, 0.05) is 12.6 Å². The number of ether oxygens (including phenoxy) is 1. The first-order valence-electron chi connectivity index (χ1n) is 9.27. The fourth-order valence-corrected chi connectivity index (χ4v) is 4.09. The van der Waals surface area contributed by atoms with Crippen LogP contribution in [0, 0.1) is 6.92 Å². The van der Waals surface area contributed by atoms with Crippen molar-refractivity contribution in [1.29, 1.82) is 0 Å². The standard InChI is InChI=1S/C20H27N3O/c1-15-7-9-16(10-8-15)18-13-21-20(22-18)19-14-24-12-11-23(19)17-5-3-2-4-6-17/h7-10,13,17,19H,2-6,11-12,14H2,1H3,(H,21,22). The van der Waals surface area contributed by atoms with Crippen molar-refractivity contribution in [1.82, 2.24) is 14.9 Å². The molecule has 0 spiro atoms. The summed E-state index contributed by atoms with van der Waals surface area (Å²) in [5, 5.41) is 0. The SMILES string of the molecule is Cc1ccc(-c2cnc(C3COCCN3C3CCCCC3)[nH]2)cc1. The number of morpholine rings is 1. The number of rotatable bonds is 3. The largest absolute Gasteiger partial charge is 0.378 e. The molecule has 1 saturated carbocycles. The average Bonchev–Trinajstić information content (AvgIpc) is 3.13. The Hall–Kier alpha value is -1.65. The van der Waals surface area contributed by atoms with Gasteiger partial charge in [-0.05, 0) is 25.3 Å². The summed E-state index contributed by atoms with van der Waals surface area (Å²) in [6, 6.07) is 9.56. The molecule has 1 aliphatic heterocycles. The third kappa shape index (κ3) is 3.26. The van der Waals surface area contributed by atoms with Gasteiger partial charge in [-0.25, -0.2) is 4.98 Å². The first-order chi connectivity index (χ1) is 11.8. The molecule has 1 N–H and O–H groups in total. The van der Waals surface area contributed by atoms with Gasteiger partial charge in [-0.15, -0.1) is 0 Å². The van der Waals surface area contributed by atoms with Crippen LogP contribution in [0.5, 0.6) is 0 Å². The normalized spacial score (nSPS) is 23.5. The van der Waals surface area contributed by atoms with Crippen LogP contribution in [0.15, 0.2) is 30.5 Å². The van der Waals surface area contributed by atoms with Crippen molar-refractivity contribution < 1.29 is 4.74 Å². The van der Waals surface area contributed by atoms with Crippen molar-refractivity contribution in [3.05, 3.63) is 41.9 Å². The average molecular weight is 325 g/mol. The van der Waals surface area contributed by atoms with Crippen LogP contribution >= 0.6 is 0 Å². The molecule has 1 aromatic heterocycles. The van der Waals surface area contributed by atoms with Crippen LogP contribution in [0.2, 0.25) is 0 Å². The van der Waals surface area contributed by atoms with E-state index in [1.165, 1.54) is 43.2 Å². The number of aromatic amines is 1. The Kier molecular flexibility index (Phi) is 4.67.